The number of aryl methyl sites for hydroxylation is 1. The summed E-state index contributed by atoms with van der Waals surface area (Å²) in [7, 11) is 0. The van der Waals surface area contributed by atoms with Gasteiger partial charge in [-0.05, 0) is 43.2 Å². The van der Waals surface area contributed by atoms with Crippen molar-refractivity contribution in [1.29, 1.82) is 0 Å². The Morgan fingerprint density at radius 1 is 1.11 bits per heavy atom. The van der Waals surface area contributed by atoms with Gasteiger partial charge >= 0.3 is 0 Å². The van der Waals surface area contributed by atoms with Crippen LogP contribution < -0.4 is 4.90 Å². The molecule has 0 N–H and O–H groups in total. The molecule has 3 rings (SSSR count). The van der Waals surface area contributed by atoms with Gasteiger partial charge in [0.05, 0.1) is 24.3 Å². The van der Waals surface area contributed by atoms with Crippen LogP contribution in [0.15, 0.2) is 45.9 Å². The van der Waals surface area contributed by atoms with Crippen molar-refractivity contribution < 1.29 is 0 Å². The Bertz CT molecular complexity index is 662. The molecule has 1 aliphatic rings. The summed E-state index contributed by atoms with van der Waals surface area (Å²) in [5.74, 6) is 0. The second kappa shape index (κ2) is 4.82. The highest BCUT2D eigenvalue weighted by Gasteiger charge is 2.17. The highest BCUT2D eigenvalue weighted by atomic mass is 79.9. The number of hydrogen-bond donors (Lipinski definition) is 0. The number of aliphatic imine (C=N–C) groups is 1. The van der Waals surface area contributed by atoms with E-state index in [1.54, 1.807) is 0 Å². The molecule has 2 aromatic carbocycles. The van der Waals surface area contributed by atoms with Gasteiger partial charge in [-0.15, -0.1) is 0 Å². The third-order valence-electron chi connectivity index (χ3n) is 3.45. The van der Waals surface area contributed by atoms with Crippen LogP contribution in [-0.2, 0) is 6.54 Å². The second-order valence-electron chi connectivity index (χ2n) is 4.84. The maximum Gasteiger partial charge on any atom is 0.0944 e. The van der Waals surface area contributed by atoms with E-state index in [9.17, 15) is 0 Å². The van der Waals surface area contributed by atoms with E-state index in [4.69, 9.17) is 0 Å². The van der Waals surface area contributed by atoms with Crippen molar-refractivity contribution in [3.63, 3.8) is 0 Å². The Kier molecular flexibility index (Phi) is 3.15. The molecule has 0 fully saturated rings. The van der Waals surface area contributed by atoms with Crippen molar-refractivity contribution in [1.82, 2.24) is 0 Å². The smallest absolute Gasteiger partial charge is 0.0944 e. The van der Waals surface area contributed by atoms with E-state index in [1.165, 1.54) is 28.1 Å². The number of rotatable bonds is 1. The molecular formula is C16H15BrN2. The van der Waals surface area contributed by atoms with Gasteiger partial charge in [-0.1, -0.05) is 39.7 Å². The summed E-state index contributed by atoms with van der Waals surface area (Å²) in [6.45, 7) is 5.00. The minimum absolute atomic E-state index is 0.764. The summed E-state index contributed by atoms with van der Waals surface area (Å²) >= 11 is 3.59. The summed E-state index contributed by atoms with van der Waals surface area (Å²) in [6.07, 6.45) is 1.92. The fourth-order valence-electron chi connectivity index (χ4n) is 2.41. The zero-order valence-corrected chi connectivity index (χ0v) is 12.6. The molecule has 1 aliphatic heterocycles. The van der Waals surface area contributed by atoms with Gasteiger partial charge in [0.15, 0.2) is 0 Å². The maximum absolute atomic E-state index is 4.47. The maximum atomic E-state index is 4.47. The first-order valence-corrected chi connectivity index (χ1v) is 7.10. The summed E-state index contributed by atoms with van der Waals surface area (Å²) in [5, 5.41) is 0. The van der Waals surface area contributed by atoms with Crippen LogP contribution in [0, 0.1) is 13.8 Å². The molecule has 3 heteroatoms. The van der Waals surface area contributed by atoms with Gasteiger partial charge in [0.25, 0.3) is 0 Å². The number of halogens is 1. The second-order valence-corrected chi connectivity index (χ2v) is 5.70. The average Bonchev–Trinajstić information content (AvgIpc) is 2.41. The Morgan fingerprint density at radius 2 is 1.95 bits per heavy atom. The molecule has 0 unspecified atom stereocenters. The van der Waals surface area contributed by atoms with E-state index in [2.05, 4.69) is 76.1 Å². The van der Waals surface area contributed by atoms with Crippen molar-refractivity contribution >= 4 is 33.6 Å². The summed E-state index contributed by atoms with van der Waals surface area (Å²) < 4.78 is 1.12. The molecule has 0 radical (unpaired) electrons. The van der Waals surface area contributed by atoms with Crippen LogP contribution in [0.4, 0.5) is 11.4 Å². The third-order valence-corrected chi connectivity index (χ3v) is 4.31. The van der Waals surface area contributed by atoms with Crippen LogP contribution in [0.5, 0.6) is 0 Å². The fourth-order valence-corrected chi connectivity index (χ4v) is 2.76. The van der Waals surface area contributed by atoms with Crippen molar-refractivity contribution in [2.45, 2.75) is 20.4 Å². The monoisotopic (exact) mass is 314 g/mol. The van der Waals surface area contributed by atoms with Crippen LogP contribution in [-0.4, -0.2) is 6.34 Å². The fraction of sp³-hybridized carbons (Fsp3) is 0.188. The van der Waals surface area contributed by atoms with Crippen molar-refractivity contribution in [2.75, 3.05) is 4.90 Å². The summed E-state index contributed by atoms with van der Waals surface area (Å²) in [4.78, 5) is 6.64. The SMILES string of the molecule is Cc1ccc2c(c1)CN=CN2c1cccc(Br)c1C. The van der Waals surface area contributed by atoms with Gasteiger partial charge in [-0.2, -0.15) is 0 Å². The molecule has 0 amide bonds. The van der Waals surface area contributed by atoms with Gasteiger partial charge < -0.3 is 4.90 Å². The summed E-state index contributed by atoms with van der Waals surface area (Å²) in [6, 6.07) is 12.8. The topological polar surface area (TPSA) is 15.6 Å². The lowest BCUT2D eigenvalue weighted by Gasteiger charge is -2.27. The Hall–Kier alpha value is -1.61. The first-order chi connectivity index (χ1) is 9.16. The van der Waals surface area contributed by atoms with Crippen LogP contribution in [0.1, 0.15) is 16.7 Å². The molecule has 1 heterocycles. The Labute approximate surface area is 121 Å². The highest BCUT2D eigenvalue weighted by Crippen LogP contribution is 2.35. The highest BCUT2D eigenvalue weighted by molar-refractivity contribution is 9.10. The number of nitrogens with zero attached hydrogens (tertiary/aromatic N) is 2. The van der Waals surface area contributed by atoms with E-state index in [0.717, 1.165) is 11.0 Å². The number of fused-ring (bicyclic) bond motifs is 1. The van der Waals surface area contributed by atoms with E-state index < -0.39 is 0 Å². The van der Waals surface area contributed by atoms with Gasteiger partial charge in [0.2, 0.25) is 0 Å². The van der Waals surface area contributed by atoms with E-state index >= 15 is 0 Å². The zero-order valence-electron chi connectivity index (χ0n) is 11.0. The van der Waals surface area contributed by atoms with Crippen molar-refractivity contribution in [3.8, 4) is 0 Å². The number of hydrogen-bond acceptors (Lipinski definition) is 2. The molecule has 0 saturated heterocycles. The predicted octanol–water partition coefficient (Wildman–Crippen LogP) is 4.75. The van der Waals surface area contributed by atoms with Gasteiger partial charge in [-0.3, -0.25) is 4.99 Å². The Balaban J connectivity index is 2.14. The van der Waals surface area contributed by atoms with Crippen LogP contribution in [0.25, 0.3) is 0 Å². The van der Waals surface area contributed by atoms with E-state index in [-0.39, 0.29) is 0 Å². The quantitative estimate of drug-likeness (QED) is 0.742. The first kappa shape index (κ1) is 12.4. The Morgan fingerprint density at radius 3 is 2.79 bits per heavy atom. The standard InChI is InChI=1S/C16H15BrN2/c1-11-6-7-16-13(8-11)9-18-10-19(16)15-5-3-4-14(17)12(15)2/h3-8,10H,9H2,1-2H3. The van der Waals surface area contributed by atoms with Crippen LogP contribution in [0.2, 0.25) is 0 Å². The lowest BCUT2D eigenvalue weighted by molar-refractivity contribution is 1.02. The average molecular weight is 315 g/mol. The largest absolute Gasteiger partial charge is 0.301 e. The number of benzene rings is 2. The minimum atomic E-state index is 0.764. The molecule has 0 bridgehead atoms. The van der Waals surface area contributed by atoms with Crippen LogP contribution in [0.3, 0.4) is 0 Å². The molecule has 0 spiro atoms. The lowest BCUT2D eigenvalue weighted by Crippen LogP contribution is -2.20. The van der Waals surface area contributed by atoms with Gasteiger partial charge in [0.1, 0.15) is 0 Å². The number of anilines is 2. The van der Waals surface area contributed by atoms with Crippen molar-refractivity contribution in [2.24, 2.45) is 4.99 Å². The normalized spacial score (nSPS) is 13.5. The van der Waals surface area contributed by atoms with Gasteiger partial charge in [0, 0.05) is 4.47 Å². The van der Waals surface area contributed by atoms with Crippen molar-refractivity contribution in [3.05, 3.63) is 57.6 Å². The molecule has 0 atom stereocenters. The third kappa shape index (κ3) is 2.19. The molecular weight excluding hydrogens is 300 g/mol. The van der Waals surface area contributed by atoms with Gasteiger partial charge in [-0.25, -0.2) is 0 Å². The molecule has 2 nitrogen and oxygen atoms in total. The lowest BCUT2D eigenvalue weighted by atomic mass is 10.1. The van der Waals surface area contributed by atoms with E-state index in [0.29, 0.717) is 0 Å². The summed E-state index contributed by atoms with van der Waals surface area (Å²) in [5.41, 5.74) is 6.18. The molecule has 2 aromatic rings. The molecule has 0 aliphatic carbocycles. The zero-order chi connectivity index (χ0) is 13.4. The van der Waals surface area contributed by atoms with Crippen LogP contribution >= 0.6 is 15.9 Å². The molecule has 0 saturated carbocycles. The minimum Gasteiger partial charge on any atom is -0.301 e. The van der Waals surface area contributed by atoms with E-state index in [1.807, 2.05) is 6.34 Å². The first-order valence-electron chi connectivity index (χ1n) is 6.30. The molecule has 19 heavy (non-hydrogen) atoms. The predicted molar refractivity (Wildman–Crippen MR) is 84.4 cm³/mol. The molecule has 0 aromatic heterocycles. The molecule has 96 valence electrons.